The molecule has 0 unspecified atom stereocenters. The van der Waals surface area contributed by atoms with Gasteiger partial charge in [0.1, 0.15) is 11.5 Å². The van der Waals surface area contributed by atoms with Gasteiger partial charge in [0.05, 0.1) is 0 Å². The van der Waals surface area contributed by atoms with Gasteiger partial charge in [0, 0.05) is 25.5 Å². The zero-order chi connectivity index (χ0) is 13.2. The van der Waals surface area contributed by atoms with Crippen molar-refractivity contribution in [3.63, 3.8) is 0 Å². The van der Waals surface area contributed by atoms with Gasteiger partial charge in [-0.05, 0) is 24.3 Å². The molecular weight excluding hydrogens is 238 g/mol. The van der Waals surface area contributed by atoms with E-state index in [9.17, 15) is 4.79 Å². The van der Waals surface area contributed by atoms with Crippen LogP contribution in [-0.2, 0) is 0 Å². The van der Waals surface area contributed by atoms with Crippen molar-refractivity contribution in [3.8, 4) is 0 Å². The standard InChI is InChI=1S/C15H17N3O/c1-16-14-12-7-3-2-6-11(12)10-13(17-14)15(19)18-8-4-5-9-18/h2-3,6-7,10H,4-5,8-9H2,1H3,(H,16,17). The second kappa shape index (κ2) is 4.88. The van der Waals surface area contributed by atoms with Crippen LogP contribution in [0.2, 0.25) is 0 Å². The number of fused-ring (bicyclic) bond motifs is 1. The molecule has 0 spiro atoms. The summed E-state index contributed by atoms with van der Waals surface area (Å²) < 4.78 is 0. The Bertz CT molecular complexity index is 618. The topological polar surface area (TPSA) is 45.2 Å². The zero-order valence-electron chi connectivity index (χ0n) is 11.0. The molecule has 4 heteroatoms. The molecule has 2 heterocycles. The largest absolute Gasteiger partial charge is 0.373 e. The number of pyridine rings is 1. The van der Waals surface area contributed by atoms with Gasteiger partial charge in [-0.25, -0.2) is 4.98 Å². The minimum Gasteiger partial charge on any atom is -0.373 e. The second-order valence-corrected chi connectivity index (χ2v) is 4.83. The quantitative estimate of drug-likeness (QED) is 0.896. The van der Waals surface area contributed by atoms with Gasteiger partial charge in [0.25, 0.3) is 5.91 Å². The number of amides is 1. The zero-order valence-corrected chi connectivity index (χ0v) is 11.0. The van der Waals surface area contributed by atoms with E-state index in [1.54, 1.807) is 0 Å². The molecule has 19 heavy (non-hydrogen) atoms. The fraction of sp³-hybridized carbons (Fsp3) is 0.333. The molecule has 3 rings (SSSR count). The van der Waals surface area contributed by atoms with Crippen molar-refractivity contribution in [2.24, 2.45) is 0 Å². The van der Waals surface area contributed by atoms with Crippen LogP contribution in [0.4, 0.5) is 5.82 Å². The minimum absolute atomic E-state index is 0.0414. The van der Waals surface area contributed by atoms with Crippen LogP contribution in [0.15, 0.2) is 30.3 Å². The second-order valence-electron chi connectivity index (χ2n) is 4.83. The van der Waals surface area contributed by atoms with Crippen molar-refractivity contribution < 1.29 is 4.79 Å². The molecule has 0 aliphatic carbocycles. The molecule has 1 saturated heterocycles. The molecule has 1 aromatic carbocycles. The lowest BCUT2D eigenvalue weighted by molar-refractivity contribution is 0.0787. The molecule has 2 aromatic rings. The molecule has 1 aliphatic heterocycles. The van der Waals surface area contributed by atoms with Crippen LogP contribution < -0.4 is 5.32 Å². The summed E-state index contributed by atoms with van der Waals surface area (Å²) in [4.78, 5) is 18.7. The predicted molar refractivity (Wildman–Crippen MR) is 76.4 cm³/mol. The van der Waals surface area contributed by atoms with Crippen molar-refractivity contribution >= 4 is 22.5 Å². The van der Waals surface area contributed by atoms with Crippen LogP contribution in [0.25, 0.3) is 10.8 Å². The highest BCUT2D eigenvalue weighted by atomic mass is 16.2. The summed E-state index contributed by atoms with van der Waals surface area (Å²) in [6, 6.07) is 9.87. The van der Waals surface area contributed by atoms with E-state index in [0.29, 0.717) is 5.69 Å². The Balaban J connectivity index is 2.06. The van der Waals surface area contributed by atoms with Gasteiger partial charge in [-0.2, -0.15) is 0 Å². The van der Waals surface area contributed by atoms with Crippen LogP contribution >= 0.6 is 0 Å². The molecule has 4 nitrogen and oxygen atoms in total. The Morgan fingerprint density at radius 2 is 2.00 bits per heavy atom. The van der Waals surface area contributed by atoms with Crippen LogP contribution in [0.3, 0.4) is 0 Å². The summed E-state index contributed by atoms with van der Waals surface area (Å²) in [7, 11) is 1.83. The molecule has 1 aliphatic rings. The monoisotopic (exact) mass is 255 g/mol. The van der Waals surface area contributed by atoms with Crippen molar-refractivity contribution in [3.05, 3.63) is 36.0 Å². The van der Waals surface area contributed by atoms with E-state index >= 15 is 0 Å². The van der Waals surface area contributed by atoms with Gasteiger partial charge in [-0.15, -0.1) is 0 Å². The summed E-state index contributed by atoms with van der Waals surface area (Å²) in [5.41, 5.74) is 0.532. The Hall–Kier alpha value is -2.10. The average Bonchev–Trinajstić information content (AvgIpc) is 2.99. The Morgan fingerprint density at radius 3 is 2.74 bits per heavy atom. The normalized spacial score (nSPS) is 14.9. The first-order valence-electron chi connectivity index (χ1n) is 6.66. The van der Waals surface area contributed by atoms with E-state index in [4.69, 9.17) is 0 Å². The molecule has 1 fully saturated rings. The first-order valence-corrected chi connectivity index (χ1v) is 6.66. The summed E-state index contributed by atoms with van der Waals surface area (Å²) in [6.07, 6.45) is 2.19. The van der Waals surface area contributed by atoms with Crippen molar-refractivity contribution in [2.45, 2.75) is 12.8 Å². The third kappa shape index (κ3) is 2.14. The molecule has 98 valence electrons. The highest BCUT2D eigenvalue weighted by Gasteiger charge is 2.21. The molecule has 1 aromatic heterocycles. The van der Waals surface area contributed by atoms with Crippen LogP contribution in [0.5, 0.6) is 0 Å². The van der Waals surface area contributed by atoms with E-state index in [2.05, 4.69) is 10.3 Å². The fourth-order valence-corrected chi connectivity index (χ4v) is 2.58. The first-order chi connectivity index (χ1) is 9.29. The lowest BCUT2D eigenvalue weighted by Crippen LogP contribution is -2.28. The number of carbonyl (C=O) groups excluding carboxylic acids is 1. The number of benzene rings is 1. The maximum atomic E-state index is 12.4. The van der Waals surface area contributed by atoms with Gasteiger partial charge >= 0.3 is 0 Å². The summed E-state index contributed by atoms with van der Waals surface area (Å²) in [5.74, 6) is 0.806. The molecule has 0 atom stereocenters. The van der Waals surface area contributed by atoms with Gasteiger partial charge in [0.15, 0.2) is 0 Å². The van der Waals surface area contributed by atoms with Crippen LogP contribution in [0, 0.1) is 0 Å². The molecule has 0 radical (unpaired) electrons. The number of likely N-dealkylation sites (tertiary alicyclic amines) is 1. The lowest BCUT2D eigenvalue weighted by Gasteiger charge is -2.16. The van der Waals surface area contributed by atoms with E-state index in [-0.39, 0.29) is 5.91 Å². The molecular formula is C15H17N3O. The van der Waals surface area contributed by atoms with E-state index in [0.717, 1.165) is 42.5 Å². The molecule has 1 amide bonds. The molecule has 1 N–H and O–H groups in total. The lowest BCUT2D eigenvalue weighted by atomic mass is 10.1. The minimum atomic E-state index is 0.0414. The van der Waals surface area contributed by atoms with Crippen molar-refractivity contribution in [2.75, 3.05) is 25.5 Å². The average molecular weight is 255 g/mol. The number of anilines is 1. The first kappa shape index (κ1) is 12.0. The highest BCUT2D eigenvalue weighted by molar-refractivity contribution is 6.00. The SMILES string of the molecule is CNc1nc(C(=O)N2CCCC2)cc2ccccc12. The van der Waals surface area contributed by atoms with Gasteiger partial charge in [0.2, 0.25) is 0 Å². The number of rotatable bonds is 2. The Morgan fingerprint density at radius 1 is 1.26 bits per heavy atom. The maximum Gasteiger partial charge on any atom is 0.272 e. The predicted octanol–water partition coefficient (Wildman–Crippen LogP) is 2.51. The fourth-order valence-electron chi connectivity index (χ4n) is 2.58. The Labute approximate surface area is 112 Å². The maximum absolute atomic E-state index is 12.4. The number of hydrogen-bond donors (Lipinski definition) is 1. The van der Waals surface area contributed by atoms with Crippen molar-refractivity contribution in [1.82, 2.24) is 9.88 Å². The van der Waals surface area contributed by atoms with Gasteiger partial charge < -0.3 is 10.2 Å². The number of aromatic nitrogens is 1. The Kier molecular flexibility index (Phi) is 3.07. The van der Waals surface area contributed by atoms with Crippen molar-refractivity contribution in [1.29, 1.82) is 0 Å². The summed E-state index contributed by atoms with van der Waals surface area (Å²) >= 11 is 0. The van der Waals surface area contributed by atoms with E-state index in [1.165, 1.54) is 0 Å². The van der Waals surface area contributed by atoms with Gasteiger partial charge in [-0.3, -0.25) is 4.79 Å². The smallest absolute Gasteiger partial charge is 0.272 e. The number of nitrogens with one attached hydrogen (secondary N) is 1. The number of carbonyl (C=O) groups is 1. The van der Waals surface area contributed by atoms with E-state index < -0.39 is 0 Å². The number of hydrogen-bond acceptors (Lipinski definition) is 3. The van der Waals surface area contributed by atoms with Crippen LogP contribution in [0.1, 0.15) is 23.3 Å². The molecule has 0 saturated carbocycles. The third-order valence-electron chi connectivity index (χ3n) is 3.59. The summed E-state index contributed by atoms with van der Waals surface area (Å²) in [5, 5.41) is 5.16. The molecule has 0 bridgehead atoms. The highest BCUT2D eigenvalue weighted by Crippen LogP contribution is 2.23. The van der Waals surface area contributed by atoms with Crippen LogP contribution in [-0.4, -0.2) is 35.9 Å². The van der Waals surface area contributed by atoms with E-state index in [1.807, 2.05) is 42.3 Å². The number of nitrogens with zero attached hydrogens (tertiary/aromatic N) is 2. The third-order valence-corrected chi connectivity index (χ3v) is 3.59. The van der Waals surface area contributed by atoms with Gasteiger partial charge in [-0.1, -0.05) is 24.3 Å². The summed E-state index contributed by atoms with van der Waals surface area (Å²) in [6.45, 7) is 1.70.